The number of nitrogens with one attached hydrogen (secondary N) is 1. The lowest BCUT2D eigenvalue weighted by atomic mass is 9.98. The van der Waals surface area contributed by atoms with E-state index in [1.165, 1.54) is 40.2 Å². The van der Waals surface area contributed by atoms with Crippen molar-refractivity contribution in [3.05, 3.63) is 425 Å². The summed E-state index contributed by atoms with van der Waals surface area (Å²) in [7, 11) is -9.47. The molecule has 15 aromatic rings. The van der Waals surface area contributed by atoms with Crippen LogP contribution >= 0.6 is 35.3 Å². The van der Waals surface area contributed by atoms with E-state index >= 15 is 0 Å². The van der Waals surface area contributed by atoms with Crippen LogP contribution in [0.1, 0.15) is 116 Å². The maximum atomic E-state index is 13.3. The summed E-state index contributed by atoms with van der Waals surface area (Å²) in [6, 6.07) is 115. The number of alkyl halides is 6. The lowest BCUT2D eigenvalue weighted by Crippen LogP contribution is -2.68. The van der Waals surface area contributed by atoms with E-state index in [0.717, 1.165) is 125 Å². The average molecular weight is 2060 g/mol. The maximum absolute atomic E-state index is 13.3. The maximum Gasteiger partial charge on any atom is 0.416 e. The van der Waals surface area contributed by atoms with Crippen LogP contribution in [0.2, 0.25) is 10.1 Å². The van der Waals surface area contributed by atoms with E-state index in [1.54, 1.807) is 29.1 Å². The van der Waals surface area contributed by atoms with Crippen molar-refractivity contribution in [3.8, 4) is 22.8 Å². The molecule has 0 saturated carbocycles. The van der Waals surface area contributed by atoms with Crippen LogP contribution < -0.4 is 20.7 Å². The summed E-state index contributed by atoms with van der Waals surface area (Å²) in [6.07, 6.45) is -7.23. The standard InChI is InChI=1S/C35H42O5SSi.C27H32O2SSi.C26H23F3N4OS.C15H11F3N4.C11H14O2S/c1-6-35(38-26-30-16-10-7-11-17-30,27-39-41(36,37)31-24-22-29(2)23-25-31)28-40-42(34(3,4)5,32-18-12-8-13-19-32)33-20-14-9-15-21-33;1-26(2,3)31(24-15-9-5-10-16-24,25-17-11-6-12-18-25)29-20-27(21-30-22-27)28-19-23-13-7-4-8-14-23;27-26(28,29)22-12-10-19(11-13-22)14-21-8-4-5-9-23(21)24-30-32-33(31-24)16-25(17-35-18-25)34-15-20-6-2-1-3-7-20;16-15(17,18)12-7-5-10(6-8-12)9-11-3-1-2-4-13(11)14-19-21-22-20-14;12-7-11(8-14-9-11)13-6-10-4-2-1-3-5-10/h7-25H,6,26-28H2,1-5H3;4-18H,19-22H2,1-3H3;1-13H,14-18H2;1-8H,9H2,(H,19,20,21,22);1-5,12H,6-9H2. The smallest absolute Gasteiger partial charge is 0.404 e. The first-order valence-corrected chi connectivity index (χ1v) is 56.5. The predicted octanol–water partition coefficient (Wildman–Crippen LogP) is 22.7. The molecule has 0 bridgehead atoms. The SMILES string of the molecule is CC(C)(C)[Si](OCC1(OCc2ccccc2)CSC1)(c1ccccc1)c1ccccc1.CCC(CO[Si](c1ccccc1)(c1ccccc1)C(C)(C)C)(COS(=O)(=O)c1ccc(C)cc1)OCc1ccccc1.FC(F)(F)c1ccc(Cc2ccccc2-c2nn[nH]n2)cc1.FC(F)(F)c1ccc(Cc2ccccc2-c2nnn(CC3(OCc4ccccc4)CSC3)n2)cc1.OCC1(OCc2ccccc2)CSC1. The Bertz CT molecular complexity index is 6450. The summed E-state index contributed by atoms with van der Waals surface area (Å²) < 4.78 is 148. The molecule has 1 atom stereocenters. The van der Waals surface area contributed by atoms with E-state index < -0.39 is 55.8 Å². The quantitative estimate of drug-likeness (QED) is 0.0212. The first kappa shape index (κ1) is 108. The lowest BCUT2D eigenvalue weighted by Gasteiger charge is -2.47. The van der Waals surface area contributed by atoms with Crippen LogP contribution in [0.25, 0.3) is 22.8 Å². The van der Waals surface area contributed by atoms with Crippen LogP contribution in [0.15, 0.2) is 369 Å². The number of ether oxygens (including phenoxy) is 4. The number of benzene rings is 13. The highest BCUT2D eigenvalue weighted by molar-refractivity contribution is 8.01. The van der Waals surface area contributed by atoms with E-state index in [2.05, 4.69) is 187 Å². The molecule has 18 nitrogen and oxygen atoms in total. The first-order chi connectivity index (χ1) is 69.3. The van der Waals surface area contributed by atoms with Gasteiger partial charge in [0.05, 0.1) is 75.4 Å². The van der Waals surface area contributed by atoms with Gasteiger partial charge in [0.1, 0.15) is 22.4 Å². The largest absolute Gasteiger partial charge is 0.416 e. The van der Waals surface area contributed by atoms with Crippen molar-refractivity contribution in [1.82, 2.24) is 40.8 Å². The van der Waals surface area contributed by atoms with Crippen molar-refractivity contribution in [1.29, 1.82) is 0 Å². The minimum absolute atomic E-state index is 0.0206. The van der Waals surface area contributed by atoms with Crippen molar-refractivity contribution in [3.63, 3.8) is 0 Å². The third-order valence-corrected chi connectivity index (χ3v) is 41.1. The fraction of sp³-hybridized carbons (Fsp3) is 0.298. The predicted molar refractivity (Wildman–Crippen MR) is 568 cm³/mol. The molecule has 0 radical (unpaired) electrons. The molecule has 0 spiro atoms. The summed E-state index contributed by atoms with van der Waals surface area (Å²) in [6.45, 7) is 20.8. The Labute approximate surface area is 855 Å². The van der Waals surface area contributed by atoms with Crippen molar-refractivity contribution < 1.29 is 71.8 Å². The molecule has 30 heteroatoms. The van der Waals surface area contributed by atoms with Gasteiger partial charge in [0.15, 0.2) is 0 Å². The molecule has 752 valence electrons. The molecule has 18 rings (SSSR count). The van der Waals surface area contributed by atoms with Crippen molar-refractivity contribution in [2.75, 3.05) is 60.9 Å². The fourth-order valence-corrected chi connectivity index (χ4v) is 30.3. The normalized spacial score (nSPS) is 14.8. The highest BCUT2D eigenvalue weighted by atomic mass is 32.2. The molecule has 2 N–H and O–H groups in total. The van der Waals surface area contributed by atoms with Gasteiger partial charge in [0, 0.05) is 45.6 Å². The van der Waals surface area contributed by atoms with Crippen LogP contribution in [0, 0.1) is 6.92 Å². The highest BCUT2D eigenvalue weighted by Gasteiger charge is 2.55. The van der Waals surface area contributed by atoms with Gasteiger partial charge in [-0.25, -0.2) is 0 Å². The molecular formula is C114H122F6N8O10S4Si2. The number of tetrazole rings is 2. The average Bonchev–Trinajstić information content (AvgIpc) is 0.853. The van der Waals surface area contributed by atoms with Crippen LogP contribution in [0.4, 0.5) is 26.3 Å². The van der Waals surface area contributed by atoms with Gasteiger partial charge in [-0.2, -0.15) is 80.1 Å². The van der Waals surface area contributed by atoms with Crippen LogP contribution in [-0.2, 0) is 100 Å². The Kier molecular flexibility index (Phi) is 37.4. The van der Waals surface area contributed by atoms with Gasteiger partial charge < -0.3 is 32.9 Å². The summed E-state index contributed by atoms with van der Waals surface area (Å²) in [5.74, 6) is 6.46. The molecule has 3 aliphatic heterocycles. The number of halogens is 6. The number of aryl methyl sites for hydroxylation is 1. The second-order valence-electron chi connectivity index (χ2n) is 38.2. The third-order valence-electron chi connectivity index (χ3n) is 25.5. The van der Waals surface area contributed by atoms with Crippen molar-refractivity contribution >= 4 is 82.8 Å². The summed E-state index contributed by atoms with van der Waals surface area (Å²) in [5.41, 5.74) is 7.31. The Morgan fingerprint density at radius 3 is 1.13 bits per heavy atom. The van der Waals surface area contributed by atoms with Gasteiger partial charge in [0.25, 0.3) is 26.8 Å². The molecule has 0 aliphatic carbocycles. The van der Waals surface area contributed by atoms with E-state index in [0.29, 0.717) is 70.5 Å². The van der Waals surface area contributed by atoms with Gasteiger partial charge in [-0.3, -0.25) is 4.18 Å². The minimum Gasteiger partial charge on any atom is -0.404 e. The molecule has 3 saturated heterocycles. The summed E-state index contributed by atoms with van der Waals surface area (Å²) in [4.78, 5) is 1.70. The van der Waals surface area contributed by atoms with Crippen molar-refractivity contribution in [2.24, 2.45) is 0 Å². The number of hydrogen-bond donors (Lipinski definition) is 2. The first-order valence-electron chi connectivity index (χ1n) is 47.8. The van der Waals surface area contributed by atoms with E-state index in [9.17, 15) is 39.9 Å². The second kappa shape index (κ2) is 49.7. The summed E-state index contributed by atoms with van der Waals surface area (Å²) in [5, 5.41) is 40.8. The monoisotopic (exact) mass is 2060 g/mol. The van der Waals surface area contributed by atoms with E-state index in [4.69, 9.17) is 32.0 Å². The van der Waals surface area contributed by atoms with Gasteiger partial charge in [-0.15, -0.1) is 20.4 Å². The van der Waals surface area contributed by atoms with Crippen LogP contribution in [0.5, 0.6) is 0 Å². The fourth-order valence-electron chi connectivity index (χ4n) is 17.1. The number of rotatable bonds is 36. The number of aromatic nitrogens is 8. The van der Waals surface area contributed by atoms with Gasteiger partial charge in [0.2, 0.25) is 11.6 Å². The number of aliphatic hydroxyl groups excluding tert-OH is 1. The van der Waals surface area contributed by atoms with E-state index in [-0.39, 0.29) is 51.6 Å². The Balaban J connectivity index is 0.000000148. The van der Waals surface area contributed by atoms with E-state index in [1.807, 2.05) is 231 Å². The molecule has 3 fully saturated rings. The number of thioether (sulfide) groups is 3. The molecule has 5 heterocycles. The Morgan fingerprint density at radius 2 is 0.771 bits per heavy atom. The van der Waals surface area contributed by atoms with Crippen molar-refractivity contribution in [2.45, 2.75) is 157 Å². The zero-order valence-corrected chi connectivity index (χ0v) is 87.3. The molecule has 144 heavy (non-hydrogen) atoms. The number of nitrogens with zero attached hydrogens (tertiary/aromatic N) is 7. The third kappa shape index (κ3) is 28.7. The highest BCUT2D eigenvalue weighted by Crippen LogP contribution is 2.44. The van der Waals surface area contributed by atoms with Gasteiger partial charge in [-0.1, -0.05) is 382 Å². The number of aromatic amines is 1. The number of aliphatic hydroxyl groups is 1. The lowest BCUT2D eigenvalue weighted by molar-refractivity contribution is -0.138. The second-order valence-corrected chi connectivity index (χ2v) is 51.4. The Morgan fingerprint density at radius 1 is 0.410 bits per heavy atom. The number of H-pyrrole nitrogens is 1. The van der Waals surface area contributed by atoms with Gasteiger partial charge in [-0.05, 0) is 148 Å². The van der Waals surface area contributed by atoms with Gasteiger partial charge >= 0.3 is 12.4 Å². The molecule has 2 aromatic heterocycles. The summed E-state index contributed by atoms with van der Waals surface area (Å²) >= 11 is 5.58. The Hall–Kier alpha value is -11.3. The number of hydrogen-bond acceptors (Lipinski definition) is 19. The van der Waals surface area contributed by atoms with Crippen LogP contribution in [-0.4, -0.2) is 154 Å². The molecule has 1 unspecified atom stereocenters. The zero-order valence-electron chi connectivity index (χ0n) is 82.0. The molecule has 13 aromatic carbocycles. The molecular weight excluding hydrogens is 1940 g/mol. The van der Waals surface area contributed by atoms with Crippen LogP contribution in [0.3, 0.4) is 0 Å². The molecule has 0 amide bonds. The topological polar surface area (TPSA) is 217 Å². The minimum atomic E-state index is -4.35. The zero-order chi connectivity index (χ0) is 102. The molecule has 3 aliphatic rings.